The molecule has 2 bridgehead atoms. The van der Waals surface area contributed by atoms with Gasteiger partial charge in [0.15, 0.2) is 5.96 Å². The third-order valence-electron chi connectivity index (χ3n) is 6.24. The second kappa shape index (κ2) is 10.9. The largest absolute Gasteiger partial charge is 0.357 e. The average Bonchev–Trinajstić information content (AvgIpc) is 3.49. The summed E-state index contributed by atoms with van der Waals surface area (Å²) in [6.07, 6.45) is 7.89. The first-order chi connectivity index (χ1) is 14.6. The summed E-state index contributed by atoms with van der Waals surface area (Å²) in [7, 11) is 0. The van der Waals surface area contributed by atoms with E-state index in [2.05, 4.69) is 38.1 Å². The van der Waals surface area contributed by atoms with Crippen LogP contribution in [0.25, 0.3) is 0 Å². The van der Waals surface area contributed by atoms with E-state index in [1.165, 1.54) is 9.91 Å². The van der Waals surface area contributed by atoms with E-state index in [4.69, 9.17) is 0 Å². The maximum atomic E-state index is 12.7. The number of guanidine groups is 1. The minimum absolute atomic E-state index is 0. The van der Waals surface area contributed by atoms with E-state index >= 15 is 0 Å². The third-order valence-corrected chi connectivity index (χ3v) is 7.27. The summed E-state index contributed by atoms with van der Waals surface area (Å²) in [4.78, 5) is 36.0. The van der Waals surface area contributed by atoms with Crippen molar-refractivity contribution in [2.75, 3.05) is 26.2 Å². The molecule has 3 aliphatic rings. The van der Waals surface area contributed by atoms with E-state index < -0.39 is 0 Å². The Bertz CT molecular complexity index is 825. The number of hydrogen-bond acceptors (Lipinski definition) is 5. The van der Waals surface area contributed by atoms with Gasteiger partial charge in [-0.15, -0.1) is 35.3 Å². The van der Waals surface area contributed by atoms with Crippen molar-refractivity contribution in [1.29, 1.82) is 0 Å². The molecule has 7 nitrogen and oxygen atoms in total. The van der Waals surface area contributed by atoms with Crippen LogP contribution < -0.4 is 10.6 Å². The van der Waals surface area contributed by atoms with Gasteiger partial charge in [0.05, 0.1) is 16.8 Å². The molecule has 1 aliphatic heterocycles. The summed E-state index contributed by atoms with van der Waals surface area (Å²) in [6, 6.07) is 0. The van der Waals surface area contributed by atoms with Gasteiger partial charge in [0.1, 0.15) is 0 Å². The SMILES string of the molecule is CCNC(=NCCCN1C(=O)C2C3C=CC(C3)C2C1=O)NCCCc1nc(C)cs1.I. The number of rotatable bonds is 9. The Morgan fingerprint density at radius 2 is 1.90 bits per heavy atom. The van der Waals surface area contributed by atoms with Gasteiger partial charge < -0.3 is 10.6 Å². The summed E-state index contributed by atoms with van der Waals surface area (Å²) in [5, 5.41) is 9.86. The van der Waals surface area contributed by atoms with Crippen molar-refractivity contribution in [3.63, 3.8) is 0 Å². The van der Waals surface area contributed by atoms with E-state index in [1.807, 2.05) is 13.8 Å². The number of aromatic nitrogens is 1. The Kier molecular flexibility index (Phi) is 8.49. The lowest BCUT2D eigenvalue weighted by Gasteiger charge is -2.17. The van der Waals surface area contributed by atoms with Crippen molar-refractivity contribution in [2.24, 2.45) is 28.7 Å². The summed E-state index contributed by atoms with van der Waals surface area (Å²) in [5.74, 6) is 1.20. The number of imide groups is 1. The molecule has 0 spiro atoms. The molecule has 2 aliphatic carbocycles. The molecule has 2 amide bonds. The summed E-state index contributed by atoms with van der Waals surface area (Å²) >= 11 is 1.71. The number of thiazole rings is 1. The van der Waals surface area contributed by atoms with Gasteiger partial charge in [-0.1, -0.05) is 12.2 Å². The van der Waals surface area contributed by atoms with Crippen LogP contribution in [0, 0.1) is 30.6 Å². The number of fused-ring (bicyclic) bond motifs is 5. The highest BCUT2D eigenvalue weighted by molar-refractivity contribution is 14.0. The van der Waals surface area contributed by atoms with Crippen LogP contribution in [0.2, 0.25) is 0 Å². The van der Waals surface area contributed by atoms with E-state index in [1.54, 1.807) is 11.3 Å². The summed E-state index contributed by atoms with van der Waals surface area (Å²) in [6.45, 7) is 6.73. The fourth-order valence-corrected chi connectivity index (χ4v) is 5.73. The van der Waals surface area contributed by atoms with Gasteiger partial charge in [0, 0.05) is 43.7 Å². The number of amides is 2. The van der Waals surface area contributed by atoms with Crippen LogP contribution in [0.3, 0.4) is 0 Å². The number of aryl methyl sites for hydroxylation is 2. The normalized spacial score (nSPS) is 26.4. The number of aliphatic imine (C=N–C) groups is 1. The minimum atomic E-state index is -0.100. The van der Waals surface area contributed by atoms with E-state index in [-0.39, 0.29) is 59.5 Å². The number of carbonyl (C=O) groups is 2. The van der Waals surface area contributed by atoms with Crippen LogP contribution >= 0.6 is 35.3 Å². The van der Waals surface area contributed by atoms with Crippen molar-refractivity contribution in [3.05, 3.63) is 28.2 Å². The molecule has 2 N–H and O–H groups in total. The van der Waals surface area contributed by atoms with Crippen LogP contribution in [-0.4, -0.2) is 53.8 Å². The average molecular weight is 558 g/mol. The highest BCUT2D eigenvalue weighted by Crippen LogP contribution is 2.52. The molecule has 31 heavy (non-hydrogen) atoms. The van der Waals surface area contributed by atoms with Gasteiger partial charge in [-0.3, -0.25) is 19.5 Å². The number of nitrogens with one attached hydrogen (secondary N) is 2. The van der Waals surface area contributed by atoms with Crippen molar-refractivity contribution in [1.82, 2.24) is 20.5 Å². The monoisotopic (exact) mass is 557 g/mol. The van der Waals surface area contributed by atoms with Gasteiger partial charge >= 0.3 is 0 Å². The number of halogens is 1. The molecular formula is C22H32IN5O2S. The van der Waals surface area contributed by atoms with Gasteiger partial charge in [-0.2, -0.15) is 0 Å². The van der Waals surface area contributed by atoms with Gasteiger partial charge in [0.2, 0.25) is 11.8 Å². The molecule has 1 aromatic rings. The molecule has 1 aromatic heterocycles. The lowest BCUT2D eigenvalue weighted by molar-refractivity contribution is -0.140. The highest BCUT2D eigenvalue weighted by atomic mass is 127. The molecule has 4 rings (SSSR count). The molecule has 4 atom stereocenters. The second-order valence-electron chi connectivity index (χ2n) is 8.36. The maximum Gasteiger partial charge on any atom is 0.233 e. The third kappa shape index (κ3) is 5.30. The molecule has 1 saturated carbocycles. The van der Waals surface area contributed by atoms with Crippen LogP contribution in [0.4, 0.5) is 0 Å². The molecule has 2 fully saturated rings. The standard InChI is InChI=1S/C22H31N5O2S.HI/c1-3-23-22(24-9-4-6-17-26-14(2)13-30-17)25-10-5-11-27-20(28)18-15-7-8-16(12-15)19(18)21(27)29;/h7-8,13,15-16,18-19H,3-6,9-12H2,1-2H3,(H2,23,24,25);1H. The Balaban J connectivity index is 0.00000272. The van der Waals surface area contributed by atoms with Gasteiger partial charge in [0.25, 0.3) is 0 Å². The fraction of sp³-hybridized carbons (Fsp3) is 0.636. The lowest BCUT2D eigenvalue weighted by atomic mass is 9.85. The van der Waals surface area contributed by atoms with Gasteiger partial charge in [-0.05, 0) is 44.9 Å². The summed E-state index contributed by atoms with van der Waals surface area (Å²) in [5.41, 5.74) is 1.08. The maximum absolute atomic E-state index is 12.7. The molecule has 4 unspecified atom stereocenters. The van der Waals surface area contributed by atoms with Crippen molar-refractivity contribution < 1.29 is 9.59 Å². The first-order valence-electron chi connectivity index (χ1n) is 11.0. The molecule has 0 radical (unpaired) electrons. The Labute approximate surface area is 205 Å². The number of nitrogens with zero attached hydrogens (tertiary/aromatic N) is 3. The van der Waals surface area contributed by atoms with Crippen LogP contribution in [0.5, 0.6) is 0 Å². The predicted molar refractivity (Wildman–Crippen MR) is 134 cm³/mol. The summed E-state index contributed by atoms with van der Waals surface area (Å²) < 4.78 is 0. The minimum Gasteiger partial charge on any atom is -0.357 e. The Hall–Kier alpha value is -1.49. The zero-order chi connectivity index (χ0) is 21.1. The van der Waals surface area contributed by atoms with Crippen molar-refractivity contribution in [2.45, 2.75) is 39.5 Å². The van der Waals surface area contributed by atoms with Crippen molar-refractivity contribution >= 4 is 53.1 Å². The number of carbonyl (C=O) groups excluding carboxylic acids is 2. The molecule has 0 aromatic carbocycles. The molecule has 2 heterocycles. The smallest absolute Gasteiger partial charge is 0.233 e. The molecular weight excluding hydrogens is 525 g/mol. The second-order valence-corrected chi connectivity index (χ2v) is 9.30. The Morgan fingerprint density at radius 1 is 1.19 bits per heavy atom. The molecule has 9 heteroatoms. The number of allylic oxidation sites excluding steroid dienone is 2. The van der Waals surface area contributed by atoms with Crippen LogP contribution in [0.1, 0.15) is 36.9 Å². The zero-order valence-electron chi connectivity index (χ0n) is 18.2. The Morgan fingerprint density at radius 3 is 2.52 bits per heavy atom. The number of likely N-dealkylation sites (tertiary alicyclic amines) is 1. The van der Waals surface area contributed by atoms with E-state index in [0.29, 0.717) is 19.5 Å². The molecule has 170 valence electrons. The van der Waals surface area contributed by atoms with E-state index in [0.717, 1.165) is 44.0 Å². The number of hydrogen-bond donors (Lipinski definition) is 2. The quantitative estimate of drug-likeness (QED) is 0.122. The highest BCUT2D eigenvalue weighted by Gasteiger charge is 2.58. The molecule has 1 saturated heterocycles. The first-order valence-corrected chi connectivity index (χ1v) is 11.9. The van der Waals surface area contributed by atoms with Crippen molar-refractivity contribution in [3.8, 4) is 0 Å². The topological polar surface area (TPSA) is 86.7 Å². The van der Waals surface area contributed by atoms with Crippen LogP contribution in [0.15, 0.2) is 22.5 Å². The van der Waals surface area contributed by atoms with E-state index in [9.17, 15) is 9.59 Å². The fourth-order valence-electron chi connectivity index (χ4n) is 4.91. The zero-order valence-corrected chi connectivity index (χ0v) is 21.3. The van der Waals surface area contributed by atoms with Crippen LogP contribution in [-0.2, 0) is 16.0 Å². The lowest BCUT2D eigenvalue weighted by Crippen LogP contribution is -2.38. The first kappa shape index (κ1) is 24.2. The van der Waals surface area contributed by atoms with Gasteiger partial charge in [-0.25, -0.2) is 4.98 Å². The predicted octanol–water partition coefficient (Wildman–Crippen LogP) is 2.75.